The molecule has 7 aromatic carbocycles. The first-order valence-corrected chi connectivity index (χ1v) is 15.0. The average molecular weight is 575 g/mol. The molecule has 9 heteroatoms. The highest BCUT2D eigenvalue weighted by Crippen LogP contribution is 2.42. The number of furan rings is 1. The van der Waals surface area contributed by atoms with Gasteiger partial charge >= 0.3 is 0 Å². The van der Waals surface area contributed by atoms with E-state index in [1.54, 1.807) is 0 Å². The second kappa shape index (κ2) is 11.0. The van der Waals surface area contributed by atoms with Crippen LogP contribution in [0.1, 0.15) is 0 Å². The quantitative estimate of drug-likeness (QED) is 0.229. The Morgan fingerprint density at radius 2 is 0.787 bits per heavy atom. The topological polar surface area (TPSA) is 13.1 Å². The minimum absolute atomic E-state index is 0.176. The van der Waals surface area contributed by atoms with Gasteiger partial charge in [0.2, 0.25) is 0 Å². The Balaban J connectivity index is 1.58. The van der Waals surface area contributed by atoms with Crippen LogP contribution in [0.5, 0.6) is 0 Å². The number of hydrogen-bond acceptors (Lipinski definition) is 1. The van der Waals surface area contributed by atoms with Crippen LogP contribution in [-0.4, -0.2) is 62.8 Å². The van der Waals surface area contributed by atoms with Crippen LogP contribution in [0.2, 0.25) is 0 Å². The van der Waals surface area contributed by atoms with E-state index in [4.69, 9.17) is 67.2 Å². The zero-order valence-electron chi connectivity index (χ0n) is 25.3. The number of benzene rings is 7. The van der Waals surface area contributed by atoms with Gasteiger partial charge in [0.05, 0.1) is 0 Å². The maximum absolute atomic E-state index is 6.89. The van der Waals surface area contributed by atoms with Crippen molar-refractivity contribution in [1.82, 2.24) is 0 Å². The predicted molar refractivity (Wildman–Crippen MR) is 208 cm³/mol. The smallest absolute Gasteiger partial charge is 0.136 e. The van der Waals surface area contributed by atoms with Crippen molar-refractivity contribution in [2.45, 2.75) is 0 Å². The van der Waals surface area contributed by atoms with Crippen molar-refractivity contribution in [1.29, 1.82) is 0 Å². The summed E-state index contributed by atoms with van der Waals surface area (Å²) in [5.74, 6) is 0. The normalized spacial score (nSPS) is 11.7. The summed E-state index contributed by atoms with van der Waals surface area (Å²) in [6, 6.07) is 31.8. The summed E-state index contributed by atoms with van der Waals surface area (Å²) in [7, 11) is 53.5. The zero-order chi connectivity index (χ0) is 32.7. The molecule has 0 saturated heterocycles. The number of fused-ring (bicyclic) bond motifs is 5. The van der Waals surface area contributed by atoms with E-state index in [-0.39, 0.29) is 43.7 Å². The summed E-state index contributed by atoms with van der Waals surface area (Å²) >= 11 is 0. The maximum atomic E-state index is 6.89. The number of rotatable bonds is 3. The standard InChI is InChI=1S/C38H16B8O/c39-31-27-24(17-8-2-1-3-9-17)28-30(34(42)38(46)36(44)32(28)40)25(29(27)33(41)37(45)35(31)43)19-11-6-10-18(16-19)20-13-7-15-23-26(20)21-12-4-5-14-22(21)47-23/h1-16H. The molecule has 0 N–H and O–H groups in total. The summed E-state index contributed by atoms with van der Waals surface area (Å²) in [6.45, 7) is 0. The average Bonchev–Trinajstić information content (AvgIpc) is 3.49. The molecule has 8 rings (SSSR count). The summed E-state index contributed by atoms with van der Waals surface area (Å²) in [6.07, 6.45) is 0. The Hall–Kier alpha value is -4.62. The lowest BCUT2D eigenvalue weighted by molar-refractivity contribution is 0.669. The van der Waals surface area contributed by atoms with E-state index in [9.17, 15) is 0 Å². The Labute approximate surface area is 283 Å². The van der Waals surface area contributed by atoms with Gasteiger partial charge in [0.1, 0.15) is 73.9 Å². The van der Waals surface area contributed by atoms with Gasteiger partial charge in [-0.3, -0.25) is 0 Å². The van der Waals surface area contributed by atoms with Crippen LogP contribution in [-0.2, 0) is 0 Å². The molecule has 16 radical (unpaired) electrons. The molecule has 0 aliphatic heterocycles. The van der Waals surface area contributed by atoms with Crippen LogP contribution >= 0.6 is 0 Å². The van der Waals surface area contributed by atoms with Gasteiger partial charge in [-0.15, -0.1) is 21.9 Å². The van der Waals surface area contributed by atoms with Crippen LogP contribution in [0.25, 0.3) is 76.9 Å². The van der Waals surface area contributed by atoms with E-state index in [1.807, 2.05) is 72.8 Å². The van der Waals surface area contributed by atoms with Gasteiger partial charge in [-0.2, -0.15) is 0 Å². The van der Waals surface area contributed by atoms with Crippen molar-refractivity contribution in [3.63, 3.8) is 0 Å². The van der Waals surface area contributed by atoms with E-state index < -0.39 is 0 Å². The lowest BCUT2D eigenvalue weighted by Crippen LogP contribution is -2.50. The molecule has 0 aliphatic carbocycles. The van der Waals surface area contributed by atoms with Gasteiger partial charge in [-0.1, -0.05) is 101 Å². The van der Waals surface area contributed by atoms with Crippen molar-refractivity contribution < 1.29 is 4.42 Å². The molecule has 1 nitrogen and oxygen atoms in total. The monoisotopic (exact) mass is 576 g/mol. The molecule has 0 aliphatic rings. The van der Waals surface area contributed by atoms with E-state index in [0.29, 0.717) is 32.7 Å². The molecule has 0 fully saturated rings. The summed E-state index contributed by atoms with van der Waals surface area (Å²) in [5.41, 5.74) is 8.26. The molecule has 198 valence electrons. The first-order chi connectivity index (χ1) is 22.7. The molecule has 1 aromatic heterocycles. The van der Waals surface area contributed by atoms with Crippen LogP contribution in [0, 0.1) is 0 Å². The number of para-hydroxylation sites is 1. The Kier molecular flexibility index (Phi) is 6.95. The molecule has 0 saturated carbocycles. The van der Waals surface area contributed by atoms with Crippen molar-refractivity contribution in [2.24, 2.45) is 0 Å². The Morgan fingerprint density at radius 3 is 1.38 bits per heavy atom. The van der Waals surface area contributed by atoms with Gasteiger partial charge in [0, 0.05) is 10.8 Å². The Bertz CT molecular complexity index is 2530. The molecule has 0 unspecified atom stereocenters. The van der Waals surface area contributed by atoms with Crippen molar-refractivity contribution >= 4 is 150 Å². The molecule has 0 amide bonds. The summed E-state index contributed by atoms with van der Waals surface area (Å²) in [5, 5.41) is 4.38. The molecular formula is C38H16B8O. The molecule has 47 heavy (non-hydrogen) atoms. The third-order valence-electron chi connectivity index (χ3n) is 9.25. The first kappa shape index (κ1) is 29.8. The van der Waals surface area contributed by atoms with Crippen LogP contribution in [0.15, 0.2) is 101 Å². The molecule has 8 aromatic rings. The minimum atomic E-state index is 0.176. The summed E-state index contributed by atoms with van der Waals surface area (Å²) in [4.78, 5) is 0. The van der Waals surface area contributed by atoms with Gasteiger partial charge in [-0.05, 0) is 73.1 Å². The fourth-order valence-electron chi connectivity index (χ4n) is 6.99. The second-order valence-corrected chi connectivity index (χ2v) is 11.8. The van der Waals surface area contributed by atoms with Crippen molar-refractivity contribution in [3.05, 3.63) is 97.1 Å². The highest BCUT2D eigenvalue weighted by Gasteiger charge is 2.25. The van der Waals surface area contributed by atoms with E-state index in [1.165, 1.54) is 0 Å². The molecule has 1 heterocycles. The molecule has 0 bridgehead atoms. The molecule has 0 atom stereocenters. The Morgan fingerprint density at radius 1 is 0.340 bits per heavy atom. The lowest BCUT2D eigenvalue weighted by atomic mass is 9.59. The highest BCUT2D eigenvalue weighted by molar-refractivity contribution is 6.71. The second-order valence-electron chi connectivity index (χ2n) is 11.8. The van der Waals surface area contributed by atoms with E-state index in [0.717, 1.165) is 44.2 Å². The van der Waals surface area contributed by atoms with Gasteiger partial charge in [0.15, 0.2) is 0 Å². The molecule has 0 spiro atoms. The highest BCUT2D eigenvalue weighted by atomic mass is 16.3. The SMILES string of the molecule is [B]c1c([B])c([B])c2c(-c3cccc(-c4cccc5oc6ccccc6c45)c3)c3c([B])c([B])c([B])c([B])c3c(-c3ccccc3)c2c1[B]. The van der Waals surface area contributed by atoms with Crippen LogP contribution < -0.4 is 43.7 Å². The van der Waals surface area contributed by atoms with E-state index >= 15 is 0 Å². The van der Waals surface area contributed by atoms with E-state index in [2.05, 4.69) is 24.3 Å². The van der Waals surface area contributed by atoms with Gasteiger partial charge in [0.25, 0.3) is 0 Å². The fraction of sp³-hybridized carbons (Fsp3) is 0. The van der Waals surface area contributed by atoms with Crippen LogP contribution in [0.4, 0.5) is 0 Å². The van der Waals surface area contributed by atoms with Crippen molar-refractivity contribution in [2.75, 3.05) is 0 Å². The van der Waals surface area contributed by atoms with Gasteiger partial charge in [-0.25, -0.2) is 0 Å². The largest absolute Gasteiger partial charge is 0.456 e. The number of hydrogen-bond donors (Lipinski definition) is 0. The molecular weight excluding hydrogens is 559 g/mol. The summed E-state index contributed by atoms with van der Waals surface area (Å²) < 4.78 is 6.19. The third kappa shape index (κ3) is 4.28. The van der Waals surface area contributed by atoms with Crippen molar-refractivity contribution in [3.8, 4) is 33.4 Å². The van der Waals surface area contributed by atoms with Gasteiger partial charge < -0.3 is 4.42 Å². The predicted octanol–water partition coefficient (Wildman–Crippen LogP) is 1.24. The maximum Gasteiger partial charge on any atom is 0.136 e. The van der Waals surface area contributed by atoms with Crippen LogP contribution in [0.3, 0.4) is 0 Å². The third-order valence-corrected chi connectivity index (χ3v) is 9.25. The zero-order valence-corrected chi connectivity index (χ0v) is 25.3. The lowest BCUT2D eigenvalue weighted by Gasteiger charge is -2.28. The minimum Gasteiger partial charge on any atom is -0.456 e. The first-order valence-electron chi connectivity index (χ1n) is 15.0. The fourth-order valence-corrected chi connectivity index (χ4v) is 6.99.